The van der Waals surface area contributed by atoms with Crippen molar-refractivity contribution in [2.45, 2.75) is 6.92 Å². The third-order valence-corrected chi connectivity index (χ3v) is 2.46. The van der Waals surface area contributed by atoms with E-state index < -0.39 is 9.53 Å². The summed E-state index contributed by atoms with van der Waals surface area (Å²) in [6.07, 6.45) is 2.96. The maximum absolute atomic E-state index is 10.1. The first kappa shape index (κ1) is 16.4. The molecule has 0 aliphatic carbocycles. The molecule has 0 aliphatic rings. The number of hydrogen-bond acceptors (Lipinski definition) is 5. The van der Waals surface area contributed by atoms with Crippen LogP contribution in [0, 0.1) is 0 Å². The van der Waals surface area contributed by atoms with E-state index in [4.69, 9.17) is 13.3 Å². The first-order valence-corrected chi connectivity index (χ1v) is 5.81. The average molecular weight is 308 g/mol. The van der Waals surface area contributed by atoms with Gasteiger partial charge in [-0.1, -0.05) is 0 Å². The molecule has 0 radical (unpaired) electrons. The molecule has 0 saturated carbocycles. The van der Waals surface area contributed by atoms with Gasteiger partial charge in [0.2, 0.25) is 0 Å². The predicted molar refractivity (Wildman–Crippen MR) is 49.1 cm³/mol. The van der Waals surface area contributed by atoms with Crippen LogP contribution in [-0.4, -0.2) is 36.8 Å². The van der Waals surface area contributed by atoms with Crippen LogP contribution in [0.4, 0.5) is 0 Å². The topological polar surface area (TPSA) is 54.0 Å². The zero-order valence-corrected chi connectivity index (χ0v) is 11.5. The van der Waals surface area contributed by atoms with Crippen molar-refractivity contribution in [1.29, 1.82) is 0 Å². The van der Waals surface area contributed by atoms with Gasteiger partial charge in [0.1, 0.15) is 0 Å². The Hall–Kier alpha value is -0.0697. The SMILES string of the molecule is CC=CC(=O)[O][Ru].CO[SiH](OC)OC. The van der Waals surface area contributed by atoms with Crippen molar-refractivity contribution in [2.24, 2.45) is 0 Å². The number of rotatable bonds is 4. The van der Waals surface area contributed by atoms with Crippen molar-refractivity contribution in [3.05, 3.63) is 12.2 Å². The molecule has 85 valence electrons. The molecule has 0 atom stereocenters. The smallest absolute Gasteiger partial charge is 0.379 e. The third kappa shape index (κ3) is 11.9. The van der Waals surface area contributed by atoms with Crippen LogP contribution >= 0.6 is 0 Å². The van der Waals surface area contributed by atoms with Gasteiger partial charge in [0, 0.05) is 21.3 Å². The van der Waals surface area contributed by atoms with Gasteiger partial charge in [-0.2, -0.15) is 0 Å². The molecule has 0 aromatic heterocycles. The fraction of sp³-hybridized carbons (Fsp3) is 0.571. The molecular weight excluding hydrogens is 293 g/mol. The molecule has 0 unspecified atom stereocenters. The summed E-state index contributed by atoms with van der Waals surface area (Å²) in [7, 11) is 3.05. The van der Waals surface area contributed by atoms with Crippen LogP contribution in [0.15, 0.2) is 12.2 Å². The Labute approximate surface area is 96.4 Å². The number of carbonyl (C=O) groups is 1. The van der Waals surface area contributed by atoms with Crippen LogP contribution < -0.4 is 0 Å². The molecular formula is C7H15O5RuSi. The van der Waals surface area contributed by atoms with Gasteiger partial charge in [0.15, 0.2) is 0 Å². The summed E-state index contributed by atoms with van der Waals surface area (Å²) in [5.74, 6) is -0.334. The van der Waals surface area contributed by atoms with E-state index in [0.717, 1.165) is 0 Å². The van der Waals surface area contributed by atoms with E-state index >= 15 is 0 Å². The van der Waals surface area contributed by atoms with Crippen molar-refractivity contribution in [2.75, 3.05) is 21.3 Å². The summed E-state index contributed by atoms with van der Waals surface area (Å²) < 4.78 is 18.4. The largest absolute Gasteiger partial charge is 0.483 e. The normalized spacial score (nSPS) is 9.86. The second-order valence-corrected chi connectivity index (χ2v) is 4.23. The van der Waals surface area contributed by atoms with Gasteiger partial charge < -0.3 is 13.3 Å². The Bertz CT molecular complexity index is 155. The van der Waals surface area contributed by atoms with Gasteiger partial charge in [0.05, 0.1) is 0 Å². The summed E-state index contributed by atoms with van der Waals surface area (Å²) in [5, 5.41) is 0. The minimum absolute atomic E-state index is 0.334. The Kier molecular flexibility index (Phi) is 15.1. The molecule has 0 rings (SSSR count). The van der Waals surface area contributed by atoms with Crippen molar-refractivity contribution in [3.63, 3.8) is 0 Å². The zero-order valence-electron chi connectivity index (χ0n) is 8.63. The molecule has 0 fully saturated rings. The van der Waals surface area contributed by atoms with E-state index in [1.807, 2.05) is 0 Å². The minimum atomic E-state index is -1.67. The van der Waals surface area contributed by atoms with E-state index in [1.165, 1.54) is 6.08 Å². The van der Waals surface area contributed by atoms with E-state index in [-0.39, 0.29) is 5.97 Å². The number of allylic oxidation sites excluding steroid dienone is 1. The van der Waals surface area contributed by atoms with E-state index in [2.05, 4.69) is 3.56 Å². The third-order valence-electron chi connectivity index (χ3n) is 0.951. The molecule has 7 heteroatoms. The van der Waals surface area contributed by atoms with E-state index in [9.17, 15) is 4.79 Å². The molecule has 0 bridgehead atoms. The van der Waals surface area contributed by atoms with Gasteiger partial charge in [0.25, 0.3) is 0 Å². The van der Waals surface area contributed by atoms with Crippen LogP contribution in [0.1, 0.15) is 6.92 Å². The molecule has 0 spiro atoms. The average Bonchev–Trinajstić information content (AvgIpc) is 2.22. The second kappa shape index (κ2) is 12.9. The van der Waals surface area contributed by atoms with Crippen LogP contribution in [0.25, 0.3) is 0 Å². The standard InChI is InChI=1S/C4H6O2.C3H10O3Si.Ru/c1-2-3-4(5)6;1-4-7(5-2)6-3;/h2-3H,1H3,(H,5,6);7H,1-3H3;/q;;+1/p-1. The summed E-state index contributed by atoms with van der Waals surface area (Å²) in [6, 6.07) is 0. The van der Waals surface area contributed by atoms with Crippen molar-refractivity contribution >= 4 is 15.5 Å². The molecule has 0 saturated heterocycles. The van der Waals surface area contributed by atoms with Gasteiger partial charge in [-0.3, -0.25) is 0 Å². The van der Waals surface area contributed by atoms with Gasteiger partial charge in [-0.05, 0) is 0 Å². The van der Waals surface area contributed by atoms with Crippen LogP contribution in [-0.2, 0) is 40.3 Å². The first-order valence-electron chi connectivity index (χ1n) is 3.68. The van der Waals surface area contributed by atoms with E-state index in [0.29, 0.717) is 0 Å². The predicted octanol–water partition coefficient (Wildman–Crippen LogP) is 0.210. The second-order valence-electron chi connectivity index (χ2n) is 1.89. The molecule has 0 aromatic rings. The van der Waals surface area contributed by atoms with Crippen molar-refractivity contribution in [3.8, 4) is 0 Å². The maximum atomic E-state index is 10.1. The van der Waals surface area contributed by atoms with E-state index in [1.54, 1.807) is 53.0 Å². The van der Waals surface area contributed by atoms with Crippen LogP contribution in [0.2, 0.25) is 0 Å². The fourth-order valence-electron chi connectivity index (χ4n) is 0.449. The summed E-state index contributed by atoms with van der Waals surface area (Å²) in [4.78, 5) is 10.1. The minimum Gasteiger partial charge on any atom is -0.379 e. The maximum Gasteiger partial charge on any atom is 0.483 e. The summed E-state index contributed by atoms with van der Waals surface area (Å²) in [5.41, 5.74) is 0. The molecule has 0 aromatic carbocycles. The summed E-state index contributed by atoms with van der Waals surface area (Å²) >= 11 is 1.78. The van der Waals surface area contributed by atoms with Crippen LogP contribution in [0.3, 0.4) is 0 Å². The summed E-state index contributed by atoms with van der Waals surface area (Å²) in [6.45, 7) is 1.75. The number of hydrogen-bond donors (Lipinski definition) is 0. The fourth-order valence-corrected chi connectivity index (χ4v) is 1.14. The monoisotopic (exact) mass is 309 g/mol. The first-order chi connectivity index (χ1) is 6.65. The van der Waals surface area contributed by atoms with Gasteiger partial charge >= 0.3 is 61.6 Å². The molecule has 0 N–H and O–H groups in total. The molecule has 0 heterocycles. The Morgan fingerprint density at radius 1 is 1.21 bits per heavy atom. The number of carbonyl (C=O) groups excluding carboxylic acids is 1. The van der Waals surface area contributed by atoms with Crippen LogP contribution in [0.5, 0.6) is 0 Å². The van der Waals surface area contributed by atoms with Crippen molar-refractivity contribution < 1.29 is 40.3 Å². The quantitative estimate of drug-likeness (QED) is 0.549. The molecule has 0 aliphatic heterocycles. The molecule has 0 amide bonds. The molecule has 14 heavy (non-hydrogen) atoms. The Balaban J connectivity index is 0. The molecule has 5 nitrogen and oxygen atoms in total. The van der Waals surface area contributed by atoms with Crippen molar-refractivity contribution in [1.82, 2.24) is 0 Å². The Morgan fingerprint density at radius 3 is 1.71 bits per heavy atom. The van der Waals surface area contributed by atoms with Gasteiger partial charge in [-0.25, -0.2) is 0 Å². The van der Waals surface area contributed by atoms with Gasteiger partial charge in [-0.15, -0.1) is 0 Å². The zero-order chi connectivity index (χ0) is 11.4. The Morgan fingerprint density at radius 2 is 1.64 bits per heavy atom.